The number of pyridine rings is 2. The molecule has 0 unspecified atom stereocenters. The number of alkyl halides is 2. The van der Waals surface area contributed by atoms with Gasteiger partial charge >= 0.3 is 0 Å². The number of nitrogens with one attached hydrogen (secondary N) is 1. The summed E-state index contributed by atoms with van der Waals surface area (Å²) >= 11 is 0. The molecule has 1 N–H and O–H groups in total. The number of hydrogen-bond acceptors (Lipinski definition) is 5. The first-order chi connectivity index (χ1) is 14.9. The maximum Gasteiger partial charge on any atom is 0.242 e. The van der Waals surface area contributed by atoms with Crippen LogP contribution in [-0.2, 0) is 10.0 Å². The molecule has 31 heavy (non-hydrogen) atoms. The number of halogens is 2. The monoisotopic (exact) mass is 445 g/mol. The van der Waals surface area contributed by atoms with Gasteiger partial charge in [-0.15, -0.1) is 0 Å². The second kappa shape index (κ2) is 8.32. The van der Waals surface area contributed by atoms with E-state index in [-0.39, 0.29) is 10.9 Å². The number of nitrogens with zero attached hydrogens (tertiary/aromatic N) is 4. The molecule has 1 fully saturated rings. The van der Waals surface area contributed by atoms with Crippen molar-refractivity contribution in [2.75, 3.05) is 13.3 Å². The van der Waals surface area contributed by atoms with E-state index in [4.69, 9.17) is 0 Å². The van der Waals surface area contributed by atoms with Crippen molar-refractivity contribution in [1.29, 1.82) is 5.26 Å². The molecule has 0 aliphatic heterocycles. The molecule has 162 valence electrons. The van der Waals surface area contributed by atoms with E-state index >= 15 is 0 Å². The average Bonchev–Trinajstić information content (AvgIpc) is 3.04. The summed E-state index contributed by atoms with van der Waals surface area (Å²) in [4.78, 5) is 8.55. The Morgan fingerprint density at radius 1 is 1.26 bits per heavy atom. The van der Waals surface area contributed by atoms with Crippen LogP contribution in [0.1, 0.15) is 36.4 Å². The summed E-state index contributed by atoms with van der Waals surface area (Å²) in [5, 5.41) is 9.86. The molecule has 0 bridgehead atoms. The van der Waals surface area contributed by atoms with E-state index in [1.54, 1.807) is 6.20 Å². The van der Waals surface area contributed by atoms with Crippen LogP contribution in [0.15, 0.2) is 35.5 Å². The van der Waals surface area contributed by atoms with Crippen molar-refractivity contribution in [3.63, 3.8) is 0 Å². The predicted octanol–water partition coefficient (Wildman–Crippen LogP) is 3.59. The van der Waals surface area contributed by atoms with E-state index in [0.717, 1.165) is 36.5 Å². The Labute approximate surface area is 178 Å². The highest BCUT2D eigenvalue weighted by Crippen LogP contribution is 2.41. The number of aromatic nitrogens is 3. The van der Waals surface area contributed by atoms with Crippen molar-refractivity contribution in [2.24, 2.45) is 0 Å². The third-order valence-corrected chi connectivity index (χ3v) is 7.02. The van der Waals surface area contributed by atoms with Crippen LogP contribution in [0.5, 0.6) is 0 Å². The number of sulfonamides is 1. The van der Waals surface area contributed by atoms with Crippen LogP contribution in [0.3, 0.4) is 0 Å². The van der Waals surface area contributed by atoms with Crippen molar-refractivity contribution in [3.05, 3.63) is 41.7 Å². The normalized spacial score (nSPS) is 14.7. The summed E-state index contributed by atoms with van der Waals surface area (Å²) in [6, 6.07) is 5.82. The Bertz CT molecular complexity index is 1260. The highest BCUT2D eigenvalue weighted by molar-refractivity contribution is 7.89. The van der Waals surface area contributed by atoms with Gasteiger partial charge in [0, 0.05) is 18.4 Å². The SMILES string of the molecule is Cc1cnc2c(C#N)c(-c3ccc(S(=O)(=O)NC(CF)CF)cn3)n(C3CCC3)c2c1. The van der Waals surface area contributed by atoms with E-state index in [9.17, 15) is 22.5 Å². The molecule has 1 saturated carbocycles. The molecule has 0 radical (unpaired) electrons. The highest BCUT2D eigenvalue weighted by Gasteiger charge is 2.29. The molecular weight excluding hydrogens is 424 g/mol. The molecule has 3 aromatic heterocycles. The van der Waals surface area contributed by atoms with Gasteiger partial charge in [0.1, 0.15) is 35.4 Å². The minimum atomic E-state index is -4.13. The first-order valence-corrected chi connectivity index (χ1v) is 11.4. The molecule has 3 aromatic rings. The second-order valence-electron chi connectivity index (χ2n) is 7.68. The summed E-state index contributed by atoms with van der Waals surface area (Å²) in [5.74, 6) is 0. The van der Waals surface area contributed by atoms with Crippen LogP contribution >= 0.6 is 0 Å². The molecule has 0 spiro atoms. The summed E-state index contributed by atoms with van der Waals surface area (Å²) in [6.45, 7) is -0.370. The number of nitriles is 1. The Morgan fingerprint density at radius 2 is 2.00 bits per heavy atom. The molecule has 1 aliphatic rings. The Kier molecular flexibility index (Phi) is 5.73. The van der Waals surface area contributed by atoms with Crippen LogP contribution in [0, 0.1) is 18.3 Å². The molecule has 0 saturated heterocycles. The molecule has 4 rings (SSSR count). The summed E-state index contributed by atoms with van der Waals surface area (Å²) < 4.78 is 54.3. The first kappa shape index (κ1) is 21.3. The number of hydrogen-bond donors (Lipinski definition) is 1. The smallest absolute Gasteiger partial charge is 0.242 e. The number of rotatable bonds is 7. The van der Waals surface area contributed by atoms with Crippen LogP contribution in [-0.4, -0.2) is 42.3 Å². The van der Waals surface area contributed by atoms with Gasteiger partial charge in [0.25, 0.3) is 0 Å². The first-order valence-electron chi connectivity index (χ1n) is 9.91. The van der Waals surface area contributed by atoms with Gasteiger partial charge in [-0.3, -0.25) is 9.97 Å². The minimum Gasteiger partial charge on any atom is -0.334 e. The van der Waals surface area contributed by atoms with Gasteiger partial charge in [-0.25, -0.2) is 21.9 Å². The summed E-state index contributed by atoms with van der Waals surface area (Å²) in [7, 11) is -4.13. The largest absolute Gasteiger partial charge is 0.334 e. The van der Waals surface area contributed by atoms with E-state index in [0.29, 0.717) is 22.5 Å². The highest BCUT2D eigenvalue weighted by atomic mass is 32.2. The lowest BCUT2D eigenvalue weighted by Gasteiger charge is -2.30. The van der Waals surface area contributed by atoms with Gasteiger partial charge < -0.3 is 4.57 Å². The quantitative estimate of drug-likeness (QED) is 0.599. The average molecular weight is 445 g/mol. The Morgan fingerprint density at radius 3 is 2.55 bits per heavy atom. The molecule has 0 amide bonds. The molecule has 7 nitrogen and oxygen atoms in total. The zero-order valence-electron chi connectivity index (χ0n) is 16.8. The maximum absolute atomic E-state index is 12.7. The third-order valence-electron chi connectivity index (χ3n) is 5.51. The zero-order valence-corrected chi connectivity index (χ0v) is 17.7. The lowest BCUT2D eigenvalue weighted by Crippen LogP contribution is -2.37. The van der Waals surface area contributed by atoms with Crippen LogP contribution in [0.2, 0.25) is 0 Å². The zero-order chi connectivity index (χ0) is 22.2. The van der Waals surface area contributed by atoms with Crippen molar-refractivity contribution in [3.8, 4) is 17.5 Å². The molecule has 3 heterocycles. The van der Waals surface area contributed by atoms with Crippen LogP contribution in [0.4, 0.5) is 8.78 Å². The van der Waals surface area contributed by atoms with Crippen molar-refractivity contribution >= 4 is 21.1 Å². The van der Waals surface area contributed by atoms with E-state index in [1.165, 1.54) is 12.1 Å². The van der Waals surface area contributed by atoms with Gasteiger partial charge in [0.05, 0.1) is 22.9 Å². The van der Waals surface area contributed by atoms with Crippen molar-refractivity contribution in [2.45, 2.75) is 43.2 Å². The van der Waals surface area contributed by atoms with Gasteiger partial charge in [-0.05, 0) is 49.9 Å². The van der Waals surface area contributed by atoms with Crippen LogP contribution < -0.4 is 4.72 Å². The van der Waals surface area contributed by atoms with Gasteiger partial charge in [0.2, 0.25) is 10.0 Å². The third kappa shape index (κ3) is 3.79. The van der Waals surface area contributed by atoms with E-state index in [2.05, 4.69) is 20.6 Å². The fourth-order valence-electron chi connectivity index (χ4n) is 3.74. The van der Waals surface area contributed by atoms with Gasteiger partial charge in [-0.1, -0.05) is 0 Å². The van der Waals surface area contributed by atoms with Crippen molar-refractivity contribution < 1.29 is 17.2 Å². The molecule has 1 aliphatic carbocycles. The standard InChI is InChI=1S/C21H21F2N5O2S/c1-13-7-19-20(26-11-13)17(10-24)21(28(19)15-3-2-4-15)18-6-5-16(12-25-18)31(29,30)27-14(8-22)9-23/h5-7,11-12,14-15,27H,2-4,8-9H2,1H3. The lowest BCUT2D eigenvalue weighted by molar-refractivity contribution is 0.324. The summed E-state index contributed by atoms with van der Waals surface area (Å²) in [5.41, 5.74) is 3.83. The maximum atomic E-state index is 12.7. The second-order valence-corrected chi connectivity index (χ2v) is 9.39. The lowest BCUT2D eigenvalue weighted by atomic mass is 9.92. The van der Waals surface area contributed by atoms with Gasteiger partial charge in [0.15, 0.2) is 0 Å². The Balaban J connectivity index is 1.82. The molecular formula is C21H21F2N5O2S. The van der Waals surface area contributed by atoms with E-state index < -0.39 is 29.4 Å². The summed E-state index contributed by atoms with van der Waals surface area (Å²) in [6.07, 6.45) is 5.87. The number of aryl methyl sites for hydroxylation is 1. The molecule has 0 atom stereocenters. The Hall–Kier alpha value is -2.90. The molecule has 0 aromatic carbocycles. The van der Waals surface area contributed by atoms with Crippen molar-refractivity contribution in [1.82, 2.24) is 19.3 Å². The fraction of sp³-hybridized carbons (Fsp3) is 0.381. The van der Waals surface area contributed by atoms with Gasteiger partial charge in [-0.2, -0.15) is 5.26 Å². The topological polar surface area (TPSA) is 101 Å². The fourth-order valence-corrected chi connectivity index (χ4v) is 4.88. The number of fused-ring (bicyclic) bond motifs is 1. The van der Waals surface area contributed by atoms with E-state index in [1.807, 2.05) is 17.7 Å². The predicted molar refractivity (Wildman–Crippen MR) is 111 cm³/mol. The molecule has 10 heteroatoms. The minimum absolute atomic E-state index is 0.207. The van der Waals surface area contributed by atoms with Crippen LogP contribution in [0.25, 0.3) is 22.4 Å².